The highest BCUT2D eigenvalue weighted by molar-refractivity contribution is 5.64. The van der Waals surface area contributed by atoms with E-state index in [1.165, 1.54) is 11.1 Å². The fourth-order valence-electron chi connectivity index (χ4n) is 2.73. The molecule has 0 aliphatic rings. The fraction of sp³-hybridized carbons (Fsp3) is 0.211. The van der Waals surface area contributed by atoms with Gasteiger partial charge in [0.05, 0.1) is 19.0 Å². The third-order valence-electron chi connectivity index (χ3n) is 3.80. The van der Waals surface area contributed by atoms with Crippen LogP contribution in [-0.4, -0.2) is 17.3 Å². The summed E-state index contributed by atoms with van der Waals surface area (Å²) in [4.78, 5) is 0. The van der Waals surface area contributed by atoms with Crippen molar-refractivity contribution in [1.82, 2.24) is 10.2 Å². The lowest BCUT2D eigenvalue weighted by atomic mass is 10.1. The van der Waals surface area contributed by atoms with Crippen LogP contribution in [0.4, 0.5) is 5.69 Å². The Morgan fingerprint density at radius 3 is 2.39 bits per heavy atom. The molecule has 0 unspecified atom stereocenters. The maximum Gasteiger partial charge on any atom is 0.118 e. The van der Waals surface area contributed by atoms with Gasteiger partial charge >= 0.3 is 0 Å². The number of aryl methyl sites for hydroxylation is 2. The first-order valence-electron chi connectivity index (χ1n) is 7.64. The zero-order valence-corrected chi connectivity index (χ0v) is 13.7. The lowest BCUT2D eigenvalue weighted by Gasteiger charge is -2.09. The quantitative estimate of drug-likeness (QED) is 0.738. The van der Waals surface area contributed by atoms with Crippen LogP contribution in [-0.2, 0) is 6.54 Å². The molecule has 0 bridgehead atoms. The maximum absolute atomic E-state index is 5.21. The summed E-state index contributed by atoms with van der Waals surface area (Å²) in [7, 11) is 1.67. The Labute approximate surface area is 136 Å². The number of hydrogen-bond acceptors (Lipinski definition) is 3. The summed E-state index contributed by atoms with van der Waals surface area (Å²) >= 11 is 0. The zero-order chi connectivity index (χ0) is 16.2. The van der Waals surface area contributed by atoms with E-state index in [1.807, 2.05) is 30.5 Å². The van der Waals surface area contributed by atoms with E-state index in [4.69, 9.17) is 4.74 Å². The molecule has 0 aliphatic heterocycles. The summed E-state index contributed by atoms with van der Waals surface area (Å²) in [6.07, 6.45) is 1.87. The van der Waals surface area contributed by atoms with Crippen LogP contribution in [0, 0.1) is 13.8 Å². The average molecular weight is 307 g/mol. The number of H-pyrrole nitrogens is 1. The molecule has 0 radical (unpaired) electrons. The topological polar surface area (TPSA) is 49.9 Å². The largest absolute Gasteiger partial charge is 0.497 e. The van der Waals surface area contributed by atoms with Crippen molar-refractivity contribution in [3.63, 3.8) is 0 Å². The first-order valence-corrected chi connectivity index (χ1v) is 7.64. The molecule has 0 saturated heterocycles. The van der Waals surface area contributed by atoms with Crippen LogP contribution in [0.5, 0.6) is 5.75 Å². The van der Waals surface area contributed by atoms with Crippen molar-refractivity contribution in [2.75, 3.05) is 12.4 Å². The molecule has 0 atom stereocenters. The zero-order valence-electron chi connectivity index (χ0n) is 13.7. The highest BCUT2D eigenvalue weighted by Crippen LogP contribution is 2.24. The monoisotopic (exact) mass is 307 g/mol. The minimum atomic E-state index is 0.723. The molecule has 23 heavy (non-hydrogen) atoms. The van der Waals surface area contributed by atoms with E-state index in [9.17, 15) is 0 Å². The molecule has 2 N–H and O–H groups in total. The van der Waals surface area contributed by atoms with E-state index >= 15 is 0 Å². The molecule has 0 aliphatic carbocycles. The first-order chi connectivity index (χ1) is 11.2. The second kappa shape index (κ2) is 6.57. The summed E-state index contributed by atoms with van der Waals surface area (Å²) < 4.78 is 5.21. The number of rotatable bonds is 5. The van der Waals surface area contributed by atoms with E-state index in [1.54, 1.807) is 7.11 Å². The molecule has 1 aromatic heterocycles. The first kappa shape index (κ1) is 15.2. The second-order valence-electron chi connectivity index (χ2n) is 5.73. The normalized spacial score (nSPS) is 10.6. The molecule has 0 fully saturated rings. The Kier molecular flexibility index (Phi) is 4.33. The number of hydrogen-bond donors (Lipinski definition) is 2. The highest BCUT2D eigenvalue weighted by atomic mass is 16.5. The van der Waals surface area contributed by atoms with Gasteiger partial charge in [-0.15, -0.1) is 0 Å². The van der Waals surface area contributed by atoms with Crippen molar-refractivity contribution < 1.29 is 4.74 Å². The van der Waals surface area contributed by atoms with Crippen molar-refractivity contribution in [3.8, 4) is 17.0 Å². The molecule has 3 rings (SSSR count). The summed E-state index contributed by atoms with van der Waals surface area (Å²) in [6.45, 7) is 4.94. The van der Waals surface area contributed by atoms with Gasteiger partial charge in [0.2, 0.25) is 0 Å². The van der Waals surface area contributed by atoms with Crippen LogP contribution in [0.1, 0.15) is 16.7 Å². The minimum Gasteiger partial charge on any atom is -0.497 e. The van der Waals surface area contributed by atoms with Crippen LogP contribution in [0.25, 0.3) is 11.3 Å². The molecule has 0 amide bonds. The second-order valence-corrected chi connectivity index (χ2v) is 5.73. The summed E-state index contributed by atoms with van der Waals surface area (Å²) in [5, 5.41) is 10.8. The smallest absolute Gasteiger partial charge is 0.118 e. The Morgan fingerprint density at radius 1 is 1.04 bits per heavy atom. The van der Waals surface area contributed by atoms with Crippen molar-refractivity contribution in [3.05, 3.63) is 65.4 Å². The number of methoxy groups -OCH3 is 1. The SMILES string of the molecule is COc1ccc(-c2[nH]ncc2CNc2cc(C)cc(C)c2)cc1. The van der Waals surface area contributed by atoms with Gasteiger partial charge in [-0.3, -0.25) is 5.10 Å². The molecule has 3 aromatic rings. The minimum absolute atomic E-state index is 0.723. The number of aromatic nitrogens is 2. The van der Waals surface area contributed by atoms with Gasteiger partial charge < -0.3 is 10.1 Å². The molecular formula is C19H21N3O. The third kappa shape index (κ3) is 3.54. The molecule has 118 valence electrons. The maximum atomic E-state index is 5.21. The fourth-order valence-corrected chi connectivity index (χ4v) is 2.73. The van der Waals surface area contributed by atoms with Crippen molar-refractivity contribution in [2.45, 2.75) is 20.4 Å². The number of ether oxygens (including phenoxy) is 1. The summed E-state index contributed by atoms with van der Waals surface area (Å²) in [5.41, 5.74) is 6.91. The molecule has 4 nitrogen and oxygen atoms in total. The van der Waals surface area contributed by atoms with Crippen LogP contribution in [0.15, 0.2) is 48.7 Å². The number of benzene rings is 2. The number of nitrogens with one attached hydrogen (secondary N) is 2. The molecule has 1 heterocycles. The van der Waals surface area contributed by atoms with Crippen LogP contribution >= 0.6 is 0 Å². The van der Waals surface area contributed by atoms with Crippen LogP contribution < -0.4 is 10.1 Å². The average Bonchev–Trinajstić information content (AvgIpc) is 3.00. The molecule has 0 spiro atoms. The number of anilines is 1. The van der Waals surface area contributed by atoms with Gasteiger partial charge in [0.15, 0.2) is 0 Å². The molecule has 4 heteroatoms. The van der Waals surface area contributed by atoms with Crippen molar-refractivity contribution in [2.24, 2.45) is 0 Å². The van der Waals surface area contributed by atoms with E-state index in [-0.39, 0.29) is 0 Å². The molecule has 0 saturated carbocycles. The molecular weight excluding hydrogens is 286 g/mol. The van der Waals surface area contributed by atoms with E-state index in [0.717, 1.165) is 34.8 Å². The Bertz CT molecular complexity index is 770. The van der Waals surface area contributed by atoms with Gasteiger partial charge in [0.1, 0.15) is 5.75 Å². The number of aromatic amines is 1. The summed E-state index contributed by atoms with van der Waals surface area (Å²) in [5.74, 6) is 0.850. The van der Waals surface area contributed by atoms with Gasteiger partial charge in [0.25, 0.3) is 0 Å². The lowest BCUT2D eigenvalue weighted by molar-refractivity contribution is 0.415. The van der Waals surface area contributed by atoms with E-state index in [2.05, 4.69) is 47.6 Å². The van der Waals surface area contributed by atoms with Gasteiger partial charge in [-0.2, -0.15) is 5.10 Å². The Morgan fingerprint density at radius 2 is 1.74 bits per heavy atom. The molecule has 2 aromatic carbocycles. The number of nitrogens with zero attached hydrogens (tertiary/aromatic N) is 1. The predicted octanol–water partition coefficient (Wildman–Crippen LogP) is 4.31. The predicted molar refractivity (Wildman–Crippen MR) is 93.8 cm³/mol. The lowest BCUT2D eigenvalue weighted by Crippen LogP contribution is -2.00. The summed E-state index contributed by atoms with van der Waals surface area (Å²) in [6, 6.07) is 14.5. The Balaban J connectivity index is 1.77. The van der Waals surface area contributed by atoms with Gasteiger partial charge in [-0.25, -0.2) is 0 Å². The van der Waals surface area contributed by atoms with E-state index < -0.39 is 0 Å². The third-order valence-corrected chi connectivity index (χ3v) is 3.80. The highest BCUT2D eigenvalue weighted by Gasteiger charge is 2.08. The Hall–Kier alpha value is -2.75. The van der Waals surface area contributed by atoms with Crippen molar-refractivity contribution >= 4 is 5.69 Å². The van der Waals surface area contributed by atoms with E-state index in [0.29, 0.717) is 0 Å². The van der Waals surface area contributed by atoms with Crippen LogP contribution in [0.2, 0.25) is 0 Å². The standard InChI is InChI=1S/C19H21N3O/c1-13-8-14(2)10-17(9-13)20-11-16-12-21-22-19(16)15-4-6-18(23-3)7-5-15/h4-10,12,20H,11H2,1-3H3,(H,21,22). The van der Waals surface area contributed by atoms with Gasteiger partial charge in [-0.05, 0) is 61.4 Å². The van der Waals surface area contributed by atoms with Gasteiger partial charge in [0, 0.05) is 23.4 Å². The van der Waals surface area contributed by atoms with Crippen LogP contribution in [0.3, 0.4) is 0 Å². The van der Waals surface area contributed by atoms with Gasteiger partial charge in [-0.1, -0.05) is 6.07 Å². The van der Waals surface area contributed by atoms with Crippen molar-refractivity contribution in [1.29, 1.82) is 0 Å².